The molecule has 35 heavy (non-hydrogen) atoms. The summed E-state index contributed by atoms with van der Waals surface area (Å²) in [6.07, 6.45) is -4.69. The number of nitriles is 1. The van der Waals surface area contributed by atoms with Crippen molar-refractivity contribution >= 4 is 23.2 Å². The lowest BCUT2D eigenvalue weighted by molar-refractivity contribution is -0.384. The third-order valence-corrected chi connectivity index (χ3v) is 5.60. The number of piperazine rings is 1. The molecule has 0 saturated carbocycles. The molecule has 0 aromatic heterocycles. The lowest BCUT2D eigenvalue weighted by Gasteiger charge is -2.35. The third kappa shape index (κ3) is 6.47. The molecule has 2 aromatic rings. The quantitative estimate of drug-likeness (QED) is 0.455. The van der Waals surface area contributed by atoms with E-state index >= 15 is 0 Å². The average molecular weight is 489 g/mol. The van der Waals surface area contributed by atoms with Crippen molar-refractivity contribution < 1.29 is 27.7 Å². The minimum absolute atomic E-state index is 0.105. The summed E-state index contributed by atoms with van der Waals surface area (Å²) in [5, 5.41) is 20.6. The Hall–Kier alpha value is -4.14. The molecule has 0 aliphatic carbocycles. The lowest BCUT2D eigenvalue weighted by atomic mass is 10.1. The minimum Gasteiger partial charge on any atom is -0.362 e. The fourth-order valence-electron chi connectivity index (χ4n) is 3.84. The maximum absolute atomic E-state index is 13.2. The molecule has 0 atom stereocenters. The van der Waals surface area contributed by atoms with Gasteiger partial charge in [0.2, 0.25) is 5.91 Å². The van der Waals surface area contributed by atoms with Gasteiger partial charge in [-0.3, -0.25) is 19.7 Å². The Morgan fingerprint density at radius 1 is 1.11 bits per heavy atom. The Balaban J connectivity index is 1.88. The maximum Gasteiger partial charge on any atom is 0.406 e. The van der Waals surface area contributed by atoms with Crippen LogP contribution in [0.4, 0.5) is 24.5 Å². The van der Waals surface area contributed by atoms with E-state index in [9.17, 15) is 32.9 Å². The molecule has 1 aliphatic heterocycles. The molecule has 184 valence electrons. The van der Waals surface area contributed by atoms with Gasteiger partial charge in [-0.15, -0.1) is 0 Å². The summed E-state index contributed by atoms with van der Waals surface area (Å²) in [5.74, 6) is -1.12. The smallest absolute Gasteiger partial charge is 0.362 e. The maximum atomic E-state index is 13.2. The molecule has 1 aliphatic rings. The van der Waals surface area contributed by atoms with Gasteiger partial charge in [-0.2, -0.15) is 18.4 Å². The van der Waals surface area contributed by atoms with Crippen LogP contribution in [-0.4, -0.2) is 65.4 Å². The van der Waals surface area contributed by atoms with Crippen LogP contribution in [0.5, 0.6) is 0 Å². The summed E-state index contributed by atoms with van der Waals surface area (Å²) in [4.78, 5) is 39.5. The summed E-state index contributed by atoms with van der Waals surface area (Å²) >= 11 is 0. The van der Waals surface area contributed by atoms with Crippen LogP contribution in [0.3, 0.4) is 0 Å². The van der Waals surface area contributed by atoms with E-state index in [0.717, 1.165) is 6.07 Å². The van der Waals surface area contributed by atoms with E-state index in [1.165, 1.54) is 43.3 Å². The fraction of sp³-hybridized carbons (Fsp3) is 0.348. The third-order valence-electron chi connectivity index (χ3n) is 5.60. The van der Waals surface area contributed by atoms with Gasteiger partial charge in [0.05, 0.1) is 16.6 Å². The first kappa shape index (κ1) is 25.5. The summed E-state index contributed by atoms with van der Waals surface area (Å²) in [7, 11) is 0. The molecule has 0 N–H and O–H groups in total. The number of hydrogen-bond acceptors (Lipinski definition) is 6. The molecule has 0 radical (unpaired) electrons. The molecule has 3 rings (SSSR count). The topological polar surface area (TPSA) is 111 Å². The zero-order valence-electron chi connectivity index (χ0n) is 18.8. The molecule has 9 nitrogen and oxygen atoms in total. The van der Waals surface area contributed by atoms with Crippen LogP contribution in [0.2, 0.25) is 0 Å². The van der Waals surface area contributed by atoms with Gasteiger partial charge in [-0.25, -0.2) is 0 Å². The number of amides is 2. The highest BCUT2D eigenvalue weighted by atomic mass is 19.4. The van der Waals surface area contributed by atoms with Crippen LogP contribution in [0.15, 0.2) is 42.5 Å². The Morgan fingerprint density at radius 3 is 2.26 bits per heavy atom. The van der Waals surface area contributed by atoms with Gasteiger partial charge < -0.3 is 14.7 Å². The van der Waals surface area contributed by atoms with Crippen molar-refractivity contribution in [1.29, 1.82) is 5.26 Å². The highest BCUT2D eigenvalue weighted by Crippen LogP contribution is 2.31. The number of alkyl halides is 3. The molecule has 1 heterocycles. The van der Waals surface area contributed by atoms with Crippen molar-refractivity contribution in [3.05, 3.63) is 69.3 Å². The highest BCUT2D eigenvalue weighted by molar-refractivity contribution is 5.96. The van der Waals surface area contributed by atoms with Crippen molar-refractivity contribution in [2.75, 3.05) is 37.6 Å². The van der Waals surface area contributed by atoms with Crippen LogP contribution in [-0.2, 0) is 11.3 Å². The molecule has 1 fully saturated rings. The van der Waals surface area contributed by atoms with E-state index in [1.54, 1.807) is 9.80 Å². The molecule has 0 unspecified atom stereocenters. The number of nitro groups is 1. The van der Waals surface area contributed by atoms with Crippen molar-refractivity contribution in [3.63, 3.8) is 0 Å². The van der Waals surface area contributed by atoms with E-state index in [4.69, 9.17) is 5.26 Å². The van der Waals surface area contributed by atoms with Crippen LogP contribution in [0.1, 0.15) is 28.4 Å². The second-order valence-corrected chi connectivity index (χ2v) is 8.04. The van der Waals surface area contributed by atoms with Crippen molar-refractivity contribution in [2.24, 2.45) is 0 Å². The van der Waals surface area contributed by atoms with Crippen LogP contribution in [0.25, 0.3) is 0 Å². The number of carbonyl (C=O) groups excluding carboxylic acids is 2. The van der Waals surface area contributed by atoms with Crippen LogP contribution >= 0.6 is 0 Å². The standard InChI is InChI=1S/C23H22F3N5O4/c1-16(32)28-8-10-29(11-9-28)20-7-6-19(12-21(20)31(34)35)22(33)30(15-23(24,25)26)14-18-4-2-17(13-27)3-5-18/h2-7,12H,8-11,14-15H2,1H3. The molecule has 2 amide bonds. The number of nitro benzene ring substituents is 1. The number of nitrogens with zero attached hydrogens (tertiary/aromatic N) is 5. The van der Waals surface area contributed by atoms with Gasteiger partial charge in [0.25, 0.3) is 11.6 Å². The lowest BCUT2D eigenvalue weighted by Crippen LogP contribution is -2.48. The monoisotopic (exact) mass is 489 g/mol. The number of carbonyl (C=O) groups is 2. The van der Waals surface area contributed by atoms with E-state index in [1.807, 2.05) is 6.07 Å². The minimum atomic E-state index is -4.69. The zero-order chi connectivity index (χ0) is 25.8. The first-order valence-corrected chi connectivity index (χ1v) is 10.6. The molecule has 12 heteroatoms. The van der Waals surface area contributed by atoms with Crippen LogP contribution < -0.4 is 4.90 Å². The average Bonchev–Trinajstić information content (AvgIpc) is 2.82. The van der Waals surface area contributed by atoms with E-state index in [2.05, 4.69) is 0 Å². The zero-order valence-corrected chi connectivity index (χ0v) is 18.8. The van der Waals surface area contributed by atoms with Gasteiger partial charge in [-0.05, 0) is 29.8 Å². The number of halogens is 3. The van der Waals surface area contributed by atoms with Crippen molar-refractivity contribution in [3.8, 4) is 6.07 Å². The van der Waals surface area contributed by atoms with Crippen LogP contribution in [0, 0.1) is 21.4 Å². The SMILES string of the molecule is CC(=O)N1CCN(c2ccc(C(=O)N(Cc3ccc(C#N)cc3)CC(F)(F)F)cc2[N+](=O)[O-])CC1. The number of anilines is 1. The molecule has 0 spiro atoms. The second kappa shape index (κ2) is 10.4. The number of benzene rings is 2. The van der Waals surface area contributed by atoms with Gasteiger partial charge in [0, 0.05) is 51.3 Å². The molecule has 0 bridgehead atoms. The predicted octanol–water partition coefficient (Wildman–Crippen LogP) is 3.34. The molecule has 1 saturated heterocycles. The molecule has 2 aromatic carbocycles. The summed E-state index contributed by atoms with van der Waals surface area (Å²) < 4.78 is 39.7. The van der Waals surface area contributed by atoms with Gasteiger partial charge in [-0.1, -0.05) is 12.1 Å². The van der Waals surface area contributed by atoms with E-state index < -0.39 is 35.8 Å². The highest BCUT2D eigenvalue weighted by Gasteiger charge is 2.34. The number of hydrogen-bond donors (Lipinski definition) is 0. The Kier molecular flexibility index (Phi) is 7.58. The fourth-order valence-corrected chi connectivity index (χ4v) is 3.84. The Bertz CT molecular complexity index is 1150. The van der Waals surface area contributed by atoms with Crippen molar-refractivity contribution in [2.45, 2.75) is 19.6 Å². The molecular weight excluding hydrogens is 467 g/mol. The summed E-state index contributed by atoms with van der Waals surface area (Å²) in [6, 6.07) is 11.3. The normalized spacial score (nSPS) is 13.8. The van der Waals surface area contributed by atoms with E-state index in [0.29, 0.717) is 42.2 Å². The predicted molar refractivity (Wildman–Crippen MR) is 120 cm³/mol. The first-order chi connectivity index (χ1) is 16.5. The molecular formula is C23H22F3N5O4. The van der Waals surface area contributed by atoms with Gasteiger partial charge in [0.15, 0.2) is 0 Å². The van der Waals surface area contributed by atoms with E-state index in [-0.39, 0.29) is 17.2 Å². The Labute approximate surface area is 199 Å². The Morgan fingerprint density at radius 2 is 1.74 bits per heavy atom. The summed E-state index contributed by atoms with van der Waals surface area (Å²) in [5.41, 5.74) is 0.260. The largest absolute Gasteiger partial charge is 0.406 e. The second-order valence-electron chi connectivity index (χ2n) is 8.04. The van der Waals surface area contributed by atoms with Gasteiger partial charge >= 0.3 is 6.18 Å². The number of rotatable bonds is 6. The summed E-state index contributed by atoms with van der Waals surface area (Å²) in [6.45, 7) is 0.914. The first-order valence-electron chi connectivity index (χ1n) is 10.6. The van der Waals surface area contributed by atoms with Crippen molar-refractivity contribution in [1.82, 2.24) is 9.80 Å². The van der Waals surface area contributed by atoms with Gasteiger partial charge in [0.1, 0.15) is 12.2 Å².